The molecule has 1 fully saturated rings. The average molecular weight is 272 g/mol. The third-order valence-corrected chi connectivity index (χ3v) is 4.21. The smallest absolute Gasteiger partial charge is 0.119 e. The molecule has 1 aromatic rings. The maximum Gasteiger partial charge on any atom is 0.119 e. The van der Waals surface area contributed by atoms with Gasteiger partial charge in [-0.3, -0.25) is 0 Å². The van der Waals surface area contributed by atoms with Gasteiger partial charge in [0.2, 0.25) is 0 Å². The Morgan fingerprint density at radius 1 is 1.40 bits per heavy atom. The molecule has 0 heterocycles. The lowest BCUT2D eigenvalue weighted by Crippen LogP contribution is -2.39. The summed E-state index contributed by atoms with van der Waals surface area (Å²) in [5.74, 6) is 0.917. The summed E-state index contributed by atoms with van der Waals surface area (Å²) in [6.45, 7) is 2.21. The maximum atomic E-state index is 9.25. The van der Waals surface area contributed by atoms with Gasteiger partial charge in [0.25, 0.3) is 0 Å². The van der Waals surface area contributed by atoms with E-state index in [-0.39, 0.29) is 6.10 Å². The van der Waals surface area contributed by atoms with Gasteiger partial charge in [0, 0.05) is 6.42 Å². The predicted molar refractivity (Wildman–Crippen MR) is 80.7 cm³/mol. The van der Waals surface area contributed by atoms with Crippen LogP contribution in [0.1, 0.15) is 44.6 Å². The zero-order chi connectivity index (χ0) is 14.4. The number of unbranched alkanes of at least 4 members (excludes halogenated alkanes) is 1. The van der Waals surface area contributed by atoms with Crippen molar-refractivity contribution in [2.75, 3.05) is 7.05 Å². The van der Waals surface area contributed by atoms with Crippen molar-refractivity contribution in [1.29, 1.82) is 5.26 Å². The van der Waals surface area contributed by atoms with Crippen molar-refractivity contribution in [3.8, 4) is 11.8 Å². The summed E-state index contributed by atoms with van der Waals surface area (Å²) in [5.41, 5.74) is 0.971. The molecule has 0 aromatic heterocycles. The van der Waals surface area contributed by atoms with Gasteiger partial charge < -0.3 is 10.1 Å². The molecule has 3 nitrogen and oxygen atoms in total. The Hall–Kier alpha value is -1.53. The largest absolute Gasteiger partial charge is 0.490 e. The van der Waals surface area contributed by atoms with Crippen LogP contribution in [0.25, 0.3) is 0 Å². The topological polar surface area (TPSA) is 45.0 Å². The summed E-state index contributed by atoms with van der Waals surface area (Å²) in [4.78, 5) is 0. The van der Waals surface area contributed by atoms with Crippen LogP contribution in [0.4, 0.5) is 0 Å². The van der Waals surface area contributed by atoms with Gasteiger partial charge in [0.15, 0.2) is 0 Å². The summed E-state index contributed by atoms with van der Waals surface area (Å²) in [5, 5.41) is 12.4. The van der Waals surface area contributed by atoms with Crippen LogP contribution in [0.3, 0.4) is 0 Å². The van der Waals surface area contributed by atoms with Gasteiger partial charge in [-0.1, -0.05) is 25.5 Å². The Kier molecular flexibility index (Phi) is 5.03. The molecular formula is C17H24N2O. The van der Waals surface area contributed by atoms with Crippen LogP contribution in [0.2, 0.25) is 0 Å². The third-order valence-electron chi connectivity index (χ3n) is 4.21. The fourth-order valence-corrected chi connectivity index (χ4v) is 2.79. The molecule has 1 aliphatic carbocycles. The highest BCUT2D eigenvalue weighted by molar-refractivity contribution is 5.28. The number of rotatable bonds is 6. The van der Waals surface area contributed by atoms with Gasteiger partial charge in [-0.25, -0.2) is 0 Å². The molecule has 0 amide bonds. The van der Waals surface area contributed by atoms with E-state index >= 15 is 0 Å². The van der Waals surface area contributed by atoms with Crippen LogP contribution >= 0.6 is 0 Å². The molecule has 0 saturated heterocycles. The van der Waals surface area contributed by atoms with E-state index in [1.54, 1.807) is 0 Å². The lowest BCUT2D eigenvalue weighted by molar-refractivity contribution is 0.202. The molecule has 0 radical (unpaired) electrons. The zero-order valence-electron chi connectivity index (χ0n) is 12.5. The quantitative estimate of drug-likeness (QED) is 0.862. The second-order valence-electron chi connectivity index (χ2n) is 5.67. The Balaban J connectivity index is 1.90. The van der Waals surface area contributed by atoms with E-state index in [2.05, 4.69) is 42.6 Å². The number of nitrogens with one attached hydrogen (secondary N) is 1. The zero-order valence-corrected chi connectivity index (χ0v) is 12.5. The van der Waals surface area contributed by atoms with Crippen molar-refractivity contribution in [3.63, 3.8) is 0 Å². The maximum absolute atomic E-state index is 9.25. The highest BCUT2D eigenvalue weighted by Crippen LogP contribution is 2.32. The molecule has 0 bridgehead atoms. The summed E-state index contributed by atoms with van der Waals surface area (Å²) < 4.78 is 6.00. The average Bonchev–Trinajstić information content (AvgIpc) is 2.90. The lowest BCUT2D eigenvalue weighted by Gasteiger charge is -2.20. The first-order valence-electron chi connectivity index (χ1n) is 7.57. The summed E-state index contributed by atoms with van der Waals surface area (Å²) >= 11 is 0. The molecule has 108 valence electrons. The van der Waals surface area contributed by atoms with Gasteiger partial charge >= 0.3 is 0 Å². The van der Waals surface area contributed by atoms with Crippen LogP contribution < -0.4 is 10.1 Å². The normalized spacial score (nSPS) is 25.4. The number of ether oxygens (including phenoxy) is 1. The molecule has 2 rings (SSSR count). The molecule has 1 aliphatic rings. The van der Waals surface area contributed by atoms with E-state index in [1.165, 1.54) is 18.4 Å². The minimum Gasteiger partial charge on any atom is -0.490 e. The van der Waals surface area contributed by atoms with Crippen molar-refractivity contribution < 1.29 is 4.74 Å². The van der Waals surface area contributed by atoms with Crippen LogP contribution in [-0.2, 0) is 6.42 Å². The minimum atomic E-state index is -0.397. The van der Waals surface area contributed by atoms with Crippen molar-refractivity contribution in [2.24, 2.45) is 0 Å². The number of aryl methyl sites for hydroxylation is 1. The summed E-state index contributed by atoms with van der Waals surface area (Å²) in [6, 6.07) is 10.8. The molecule has 2 atom stereocenters. The van der Waals surface area contributed by atoms with Crippen molar-refractivity contribution in [3.05, 3.63) is 29.8 Å². The number of benzene rings is 1. The SMILES string of the molecule is CCCCc1ccc(OC2CCC(C#N)(NC)C2)cc1. The molecule has 1 N–H and O–H groups in total. The minimum absolute atomic E-state index is 0.142. The second kappa shape index (κ2) is 6.76. The number of nitriles is 1. The first-order chi connectivity index (χ1) is 9.71. The van der Waals surface area contributed by atoms with E-state index in [9.17, 15) is 5.26 Å². The monoisotopic (exact) mass is 272 g/mol. The van der Waals surface area contributed by atoms with Crippen LogP contribution in [-0.4, -0.2) is 18.7 Å². The molecule has 20 heavy (non-hydrogen) atoms. The number of hydrogen-bond donors (Lipinski definition) is 1. The van der Waals surface area contributed by atoms with Gasteiger partial charge in [0.1, 0.15) is 17.4 Å². The summed E-state index contributed by atoms with van der Waals surface area (Å²) in [7, 11) is 1.86. The fourth-order valence-electron chi connectivity index (χ4n) is 2.79. The molecule has 1 aromatic carbocycles. The Labute approximate surface area is 121 Å². The van der Waals surface area contributed by atoms with Gasteiger partial charge in [-0.2, -0.15) is 5.26 Å². The van der Waals surface area contributed by atoms with Crippen molar-refractivity contribution in [2.45, 2.75) is 57.1 Å². The Morgan fingerprint density at radius 2 is 2.15 bits per heavy atom. The van der Waals surface area contributed by atoms with Crippen molar-refractivity contribution in [1.82, 2.24) is 5.32 Å². The van der Waals surface area contributed by atoms with Gasteiger partial charge in [-0.05, 0) is 50.4 Å². The second-order valence-corrected chi connectivity index (χ2v) is 5.67. The first kappa shape index (κ1) is 14.9. The van der Waals surface area contributed by atoms with Crippen LogP contribution in [0.15, 0.2) is 24.3 Å². The molecule has 3 heteroatoms. The fraction of sp³-hybridized carbons (Fsp3) is 0.588. The predicted octanol–water partition coefficient (Wildman–Crippen LogP) is 3.44. The van der Waals surface area contributed by atoms with E-state index in [0.717, 1.165) is 31.4 Å². The van der Waals surface area contributed by atoms with Gasteiger partial charge in [-0.15, -0.1) is 0 Å². The highest BCUT2D eigenvalue weighted by atomic mass is 16.5. The van der Waals surface area contributed by atoms with Gasteiger partial charge in [0.05, 0.1) is 6.07 Å². The molecule has 0 spiro atoms. The highest BCUT2D eigenvalue weighted by Gasteiger charge is 2.39. The molecule has 0 aliphatic heterocycles. The Morgan fingerprint density at radius 3 is 2.70 bits per heavy atom. The van der Waals surface area contributed by atoms with Crippen LogP contribution in [0.5, 0.6) is 5.75 Å². The van der Waals surface area contributed by atoms with E-state index < -0.39 is 5.54 Å². The standard InChI is InChI=1S/C17H24N2O/c1-3-4-5-14-6-8-15(9-7-14)20-16-10-11-17(12-16,13-18)19-2/h6-9,16,19H,3-5,10-12H2,1-2H3. The van der Waals surface area contributed by atoms with E-state index in [4.69, 9.17) is 4.74 Å². The summed E-state index contributed by atoms with van der Waals surface area (Å²) in [6.07, 6.45) is 6.29. The molecule has 1 saturated carbocycles. The van der Waals surface area contributed by atoms with Crippen LogP contribution in [0, 0.1) is 11.3 Å². The molecule has 2 unspecified atom stereocenters. The number of nitrogens with zero attached hydrogens (tertiary/aromatic N) is 1. The Bertz CT molecular complexity index is 463. The number of hydrogen-bond acceptors (Lipinski definition) is 3. The van der Waals surface area contributed by atoms with E-state index in [0.29, 0.717) is 0 Å². The van der Waals surface area contributed by atoms with E-state index in [1.807, 2.05) is 7.05 Å². The third kappa shape index (κ3) is 3.52. The first-order valence-corrected chi connectivity index (χ1v) is 7.57. The molecular weight excluding hydrogens is 248 g/mol. The van der Waals surface area contributed by atoms with Crippen molar-refractivity contribution >= 4 is 0 Å². The lowest BCUT2D eigenvalue weighted by atomic mass is 10.0.